The van der Waals surface area contributed by atoms with E-state index in [2.05, 4.69) is 0 Å². The molecule has 0 aromatic heterocycles. The lowest BCUT2D eigenvalue weighted by molar-refractivity contribution is -0.140. The Morgan fingerprint density at radius 3 is 2.65 bits per heavy atom. The highest BCUT2D eigenvalue weighted by Gasteiger charge is 2.46. The first-order chi connectivity index (χ1) is 14.9. The maximum absolute atomic E-state index is 13.0. The number of phenolic OH excluding ortho intramolecular Hbond substituents is 1. The minimum atomic E-state index is -0.879. The van der Waals surface area contributed by atoms with Gasteiger partial charge in [-0.2, -0.15) is 0 Å². The molecule has 1 unspecified atom stereocenters. The van der Waals surface area contributed by atoms with E-state index in [0.717, 1.165) is 0 Å². The number of nitrogens with zero attached hydrogens (tertiary/aromatic N) is 1. The van der Waals surface area contributed by atoms with Gasteiger partial charge in [-0.05, 0) is 49.2 Å². The average Bonchev–Trinajstić information content (AvgIpc) is 3.00. The Hall–Kier alpha value is -3.03. The number of hydrogen-bond donors (Lipinski definition) is 2. The van der Waals surface area contributed by atoms with Crippen molar-refractivity contribution in [1.82, 2.24) is 4.90 Å². The Kier molecular flexibility index (Phi) is 7.20. The van der Waals surface area contributed by atoms with Gasteiger partial charge in [0.2, 0.25) is 0 Å². The molecule has 1 saturated heterocycles. The van der Waals surface area contributed by atoms with Gasteiger partial charge in [0.15, 0.2) is 0 Å². The number of hydrogen-bond acceptors (Lipinski definition) is 6. The maximum atomic E-state index is 13.0. The smallest absolute Gasteiger partial charge is 0.295 e. The van der Waals surface area contributed by atoms with Crippen LogP contribution in [0.25, 0.3) is 5.76 Å². The third-order valence-corrected chi connectivity index (χ3v) is 5.31. The first-order valence-electron chi connectivity index (χ1n) is 9.88. The molecule has 0 bridgehead atoms. The van der Waals surface area contributed by atoms with Crippen LogP contribution in [0.15, 0.2) is 48.0 Å². The zero-order valence-electron chi connectivity index (χ0n) is 17.3. The Balaban J connectivity index is 2.16. The van der Waals surface area contributed by atoms with Gasteiger partial charge < -0.3 is 24.6 Å². The first kappa shape index (κ1) is 22.7. The largest absolute Gasteiger partial charge is 0.508 e. The van der Waals surface area contributed by atoms with E-state index in [4.69, 9.17) is 21.1 Å². The normalized spacial score (nSPS) is 17.9. The number of aromatic hydroxyl groups is 1. The summed E-state index contributed by atoms with van der Waals surface area (Å²) in [6.45, 7) is 2.87. The van der Waals surface area contributed by atoms with E-state index in [1.54, 1.807) is 31.4 Å². The standard InChI is InChI=1S/C23H24ClNO6/c1-3-31-16-8-9-18(24)17(13-16)21(27)19-20(14-6-4-7-15(26)12-14)25(10-5-11-30-2)23(29)22(19)28/h4,6-9,12-13,20,26-27H,3,5,10-11H2,1-2H3/b21-19+. The van der Waals surface area contributed by atoms with Crippen LogP contribution in [-0.2, 0) is 14.3 Å². The number of aliphatic hydroxyl groups is 1. The lowest BCUT2D eigenvalue weighted by Crippen LogP contribution is -2.31. The van der Waals surface area contributed by atoms with E-state index in [0.29, 0.717) is 30.9 Å². The highest BCUT2D eigenvalue weighted by Crippen LogP contribution is 2.41. The van der Waals surface area contributed by atoms with Gasteiger partial charge in [-0.1, -0.05) is 23.7 Å². The molecule has 3 rings (SSSR count). The molecule has 0 spiro atoms. The molecule has 8 heteroatoms. The van der Waals surface area contributed by atoms with Crippen LogP contribution in [0.5, 0.6) is 11.5 Å². The van der Waals surface area contributed by atoms with Gasteiger partial charge in [0.25, 0.3) is 11.7 Å². The summed E-state index contributed by atoms with van der Waals surface area (Å²) in [4.78, 5) is 27.2. The highest BCUT2D eigenvalue weighted by atomic mass is 35.5. The molecule has 1 aliphatic rings. The Bertz CT molecular complexity index is 1020. The summed E-state index contributed by atoms with van der Waals surface area (Å²) in [6, 6.07) is 10.1. The van der Waals surface area contributed by atoms with Crippen molar-refractivity contribution in [3.63, 3.8) is 0 Å². The third kappa shape index (κ3) is 4.68. The summed E-state index contributed by atoms with van der Waals surface area (Å²) in [5, 5.41) is 21.3. The quantitative estimate of drug-likeness (QED) is 0.277. The number of aliphatic hydroxyl groups excluding tert-OH is 1. The van der Waals surface area contributed by atoms with Gasteiger partial charge in [0, 0.05) is 25.8 Å². The fraction of sp³-hybridized carbons (Fsp3) is 0.304. The molecule has 1 amide bonds. The van der Waals surface area contributed by atoms with Crippen molar-refractivity contribution in [2.45, 2.75) is 19.4 Å². The molecule has 0 aliphatic carbocycles. The summed E-state index contributed by atoms with van der Waals surface area (Å²) in [6.07, 6.45) is 0.499. The van der Waals surface area contributed by atoms with Crippen molar-refractivity contribution in [3.05, 3.63) is 64.2 Å². The zero-order chi connectivity index (χ0) is 22.5. The highest BCUT2D eigenvalue weighted by molar-refractivity contribution is 6.47. The maximum Gasteiger partial charge on any atom is 0.295 e. The van der Waals surface area contributed by atoms with Gasteiger partial charge >= 0.3 is 0 Å². The van der Waals surface area contributed by atoms with Crippen molar-refractivity contribution >= 4 is 29.1 Å². The topological polar surface area (TPSA) is 96.3 Å². The molecule has 2 aromatic rings. The Morgan fingerprint density at radius 1 is 1.19 bits per heavy atom. The molecule has 2 N–H and O–H groups in total. The molecule has 164 valence electrons. The molecule has 0 radical (unpaired) electrons. The number of halogens is 1. The molecule has 0 saturated carbocycles. The molecular weight excluding hydrogens is 422 g/mol. The number of ketones is 1. The van der Waals surface area contributed by atoms with Gasteiger partial charge in [-0.3, -0.25) is 9.59 Å². The number of carbonyl (C=O) groups is 2. The van der Waals surface area contributed by atoms with Gasteiger partial charge in [0.1, 0.15) is 17.3 Å². The molecule has 7 nitrogen and oxygen atoms in total. The van der Waals surface area contributed by atoms with E-state index in [9.17, 15) is 19.8 Å². The number of amides is 1. The van der Waals surface area contributed by atoms with Crippen LogP contribution in [-0.4, -0.2) is 53.7 Å². The van der Waals surface area contributed by atoms with Crippen LogP contribution in [0.2, 0.25) is 5.02 Å². The fourth-order valence-corrected chi connectivity index (χ4v) is 3.83. The average molecular weight is 446 g/mol. The summed E-state index contributed by atoms with van der Waals surface area (Å²) in [5.74, 6) is -1.50. The van der Waals surface area contributed by atoms with E-state index >= 15 is 0 Å². The minimum absolute atomic E-state index is 0.0173. The van der Waals surface area contributed by atoms with Crippen molar-refractivity contribution in [3.8, 4) is 11.5 Å². The van der Waals surface area contributed by atoms with Crippen LogP contribution < -0.4 is 4.74 Å². The summed E-state index contributed by atoms with van der Waals surface area (Å²) < 4.78 is 10.5. The first-order valence-corrected chi connectivity index (χ1v) is 10.3. The molecular formula is C23H24ClNO6. The second-order valence-electron chi connectivity index (χ2n) is 7.01. The summed E-state index contributed by atoms with van der Waals surface area (Å²) in [7, 11) is 1.55. The Morgan fingerprint density at radius 2 is 1.97 bits per heavy atom. The molecule has 1 atom stereocenters. The number of benzene rings is 2. The van der Waals surface area contributed by atoms with E-state index in [1.807, 2.05) is 6.92 Å². The van der Waals surface area contributed by atoms with Crippen molar-refractivity contribution < 1.29 is 29.3 Å². The fourth-order valence-electron chi connectivity index (χ4n) is 3.62. The van der Waals surface area contributed by atoms with Crippen LogP contribution >= 0.6 is 11.6 Å². The molecule has 1 fully saturated rings. The van der Waals surface area contributed by atoms with E-state index in [1.165, 1.54) is 23.1 Å². The van der Waals surface area contributed by atoms with Crippen molar-refractivity contribution in [2.24, 2.45) is 0 Å². The molecule has 1 aliphatic heterocycles. The minimum Gasteiger partial charge on any atom is -0.508 e. The number of ether oxygens (including phenoxy) is 2. The number of phenols is 1. The zero-order valence-corrected chi connectivity index (χ0v) is 18.1. The van der Waals surface area contributed by atoms with Crippen LogP contribution in [0.1, 0.15) is 30.5 Å². The van der Waals surface area contributed by atoms with Crippen molar-refractivity contribution in [2.75, 3.05) is 26.9 Å². The van der Waals surface area contributed by atoms with E-state index < -0.39 is 23.5 Å². The van der Waals surface area contributed by atoms with E-state index in [-0.39, 0.29) is 28.5 Å². The molecule has 31 heavy (non-hydrogen) atoms. The second kappa shape index (κ2) is 9.85. The lowest BCUT2D eigenvalue weighted by atomic mass is 9.95. The Labute approximate surface area is 185 Å². The van der Waals surface area contributed by atoms with Crippen LogP contribution in [0.4, 0.5) is 0 Å². The predicted octanol–water partition coefficient (Wildman–Crippen LogP) is 3.90. The van der Waals surface area contributed by atoms with Crippen LogP contribution in [0, 0.1) is 0 Å². The predicted molar refractivity (Wildman–Crippen MR) is 116 cm³/mol. The number of carbonyl (C=O) groups excluding carboxylic acids is 2. The number of Topliss-reactive ketones (excluding diaryl/α,β-unsaturated/α-hetero) is 1. The van der Waals surface area contributed by atoms with Crippen LogP contribution in [0.3, 0.4) is 0 Å². The number of rotatable bonds is 8. The SMILES string of the molecule is CCOc1ccc(Cl)c(/C(O)=C2\C(=O)C(=O)N(CCCOC)C2c2cccc(O)c2)c1. The molecule has 1 heterocycles. The third-order valence-electron chi connectivity index (χ3n) is 4.98. The molecule has 2 aromatic carbocycles. The lowest BCUT2D eigenvalue weighted by Gasteiger charge is -2.25. The summed E-state index contributed by atoms with van der Waals surface area (Å²) >= 11 is 6.30. The second-order valence-corrected chi connectivity index (χ2v) is 7.42. The monoisotopic (exact) mass is 445 g/mol. The van der Waals surface area contributed by atoms with Gasteiger partial charge in [-0.15, -0.1) is 0 Å². The summed E-state index contributed by atoms with van der Waals surface area (Å²) in [5.41, 5.74) is 0.589. The van der Waals surface area contributed by atoms with Crippen molar-refractivity contribution in [1.29, 1.82) is 0 Å². The number of methoxy groups -OCH3 is 1. The van der Waals surface area contributed by atoms with Gasteiger partial charge in [0.05, 0.1) is 23.2 Å². The number of likely N-dealkylation sites (tertiary alicyclic amines) is 1. The van der Waals surface area contributed by atoms with Gasteiger partial charge in [-0.25, -0.2) is 0 Å².